The second-order valence-electron chi connectivity index (χ2n) is 7.99. The van der Waals surface area contributed by atoms with Gasteiger partial charge in [-0.05, 0) is 43.7 Å². The van der Waals surface area contributed by atoms with Crippen molar-refractivity contribution in [3.8, 4) is 11.3 Å². The molecule has 162 valence electrons. The first-order valence-electron chi connectivity index (χ1n) is 10.0. The SMILES string of the molecule is CC1(C(=O)Nc2cccc(NS(C)(=O)=O)c2)CCN1Cc1ccc(-c2ccccc2)o1. The Bertz CT molecular complexity index is 1190. The highest BCUT2D eigenvalue weighted by molar-refractivity contribution is 7.92. The van der Waals surface area contributed by atoms with Crippen molar-refractivity contribution in [2.75, 3.05) is 22.8 Å². The summed E-state index contributed by atoms with van der Waals surface area (Å²) >= 11 is 0. The van der Waals surface area contributed by atoms with E-state index in [1.165, 1.54) is 0 Å². The summed E-state index contributed by atoms with van der Waals surface area (Å²) in [5.74, 6) is 1.47. The van der Waals surface area contributed by atoms with E-state index in [1.54, 1.807) is 24.3 Å². The maximum absolute atomic E-state index is 13.0. The van der Waals surface area contributed by atoms with Crippen LogP contribution in [-0.2, 0) is 21.4 Å². The molecule has 4 rings (SSSR count). The van der Waals surface area contributed by atoms with E-state index in [-0.39, 0.29) is 5.91 Å². The second kappa shape index (κ2) is 8.20. The van der Waals surface area contributed by atoms with E-state index < -0.39 is 15.6 Å². The van der Waals surface area contributed by atoms with Gasteiger partial charge in [-0.2, -0.15) is 0 Å². The van der Waals surface area contributed by atoms with Crippen LogP contribution >= 0.6 is 0 Å². The van der Waals surface area contributed by atoms with Crippen LogP contribution in [0.1, 0.15) is 19.1 Å². The monoisotopic (exact) mass is 439 g/mol. The number of hydrogen-bond donors (Lipinski definition) is 2. The molecule has 0 saturated carbocycles. The Kier molecular flexibility index (Phi) is 5.60. The zero-order chi connectivity index (χ0) is 22.1. The number of nitrogens with one attached hydrogen (secondary N) is 2. The van der Waals surface area contributed by atoms with Crippen molar-refractivity contribution in [3.63, 3.8) is 0 Å². The summed E-state index contributed by atoms with van der Waals surface area (Å²) in [5.41, 5.74) is 1.29. The number of anilines is 2. The van der Waals surface area contributed by atoms with Gasteiger partial charge in [0.15, 0.2) is 0 Å². The van der Waals surface area contributed by atoms with Crippen LogP contribution in [0.2, 0.25) is 0 Å². The number of likely N-dealkylation sites (tertiary alicyclic amines) is 1. The zero-order valence-electron chi connectivity index (χ0n) is 17.5. The van der Waals surface area contributed by atoms with Crippen molar-refractivity contribution < 1.29 is 17.6 Å². The summed E-state index contributed by atoms with van der Waals surface area (Å²) < 4.78 is 31.3. The fourth-order valence-electron chi connectivity index (χ4n) is 3.66. The van der Waals surface area contributed by atoms with Crippen molar-refractivity contribution in [1.82, 2.24) is 4.90 Å². The van der Waals surface area contributed by atoms with Gasteiger partial charge in [-0.1, -0.05) is 36.4 Å². The highest BCUT2D eigenvalue weighted by atomic mass is 32.2. The lowest BCUT2D eigenvalue weighted by Gasteiger charge is -2.48. The van der Waals surface area contributed by atoms with Gasteiger partial charge in [-0.25, -0.2) is 8.42 Å². The van der Waals surface area contributed by atoms with Gasteiger partial charge >= 0.3 is 0 Å². The van der Waals surface area contributed by atoms with E-state index in [2.05, 4.69) is 14.9 Å². The van der Waals surface area contributed by atoms with Crippen LogP contribution in [0.5, 0.6) is 0 Å². The maximum atomic E-state index is 13.0. The van der Waals surface area contributed by atoms with Crippen molar-refractivity contribution in [3.05, 3.63) is 72.5 Å². The maximum Gasteiger partial charge on any atom is 0.244 e. The highest BCUT2D eigenvalue weighted by Gasteiger charge is 2.47. The van der Waals surface area contributed by atoms with E-state index in [1.807, 2.05) is 49.4 Å². The standard InChI is InChI=1S/C23H25N3O4S/c1-23(22(27)24-18-9-6-10-19(15-18)25-31(2,28)29)13-14-26(23)16-20-11-12-21(30-20)17-7-4-3-5-8-17/h3-12,15,25H,13-14,16H2,1-2H3,(H,24,27). The summed E-state index contributed by atoms with van der Waals surface area (Å²) in [5, 5.41) is 2.91. The molecule has 2 N–H and O–H groups in total. The Morgan fingerprint density at radius 1 is 1.06 bits per heavy atom. The molecular weight excluding hydrogens is 414 g/mol. The molecule has 1 fully saturated rings. The molecule has 1 unspecified atom stereocenters. The Balaban J connectivity index is 1.42. The number of furan rings is 1. The fourth-order valence-corrected chi connectivity index (χ4v) is 4.22. The number of benzene rings is 2. The molecule has 1 aromatic heterocycles. The first-order chi connectivity index (χ1) is 14.7. The minimum Gasteiger partial charge on any atom is -0.460 e. The average Bonchev–Trinajstić information content (AvgIpc) is 3.19. The van der Waals surface area contributed by atoms with Gasteiger partial charge in [0.1, 0.15) is 11.5 Å². The molecule has 31 heavy (non-hydrogen) atoms. The molecule has 0 aliphatic carbocycles. The molecule has 2 aromatic carbocycles. The summed E-state index contributed by atoms with van der Waals surface area (Å²) in [4.78, 5) is 15.1. The first-order valence-corrected chi connectivity index (χ1v) is 11.9. The van der Waals surface area contributed by atoms with Crippen LogP contribution in [0.15, 0.2) is 71.1 Å². The lowest BCUT2D eigenvalue weighted by atomic mass is 9.85. The second-order valence-corrected chi connectivity index (χ2v) is 9.74. The summed E-state index contributed by atoms with van der Waals surface area (Å²) in [6, 6.07) is 20.4. The normalized spacial score (nSPS) is 18.9. The number of nitrogens with zero attached hydrogens (tertiary/aromatic N) is 1. The van der Waals surface area contributed by atoms with Gasteiger partial charge in [0.05, 0.1) is 24.0 Å². The third kappa shape index (κ3) is 4.81. The number of carbonyl (C=O) groups excluding carboxylic acids is 1. The van der Waals surface area contributed by atoms with Crippen LogP contribution in [0.3, 0.4) is 0 Å². The Labute approximate surface area is 182 Å². The molecule has 0 radical (unpaired) electrons. The van der Waals surface area contributed by atoms with Gasteiger partial charge in [0, 0.05) is 17.8 Å². The van der Waals surface area contributed by atoms with Gasteiger partial charge in [0.25, 0.3) is 0 Å². The van der Waals surface area contributed by atoms with E-state index >= 15 is 0 Å². The molecular formula is C23H25N3O4S. The fraction of sp³-hybridized carbons (Fsp3) is 0.261. The van der Waals surface area contributed by atoms with Gasteiger partial charge in [-0.3, -0.25) is 14.4 Å². The topological polar surface area (TPSA) is 91.7 Å². The first kappa shape index (κ1) is 21.1. The predicted molar refractivity (Wildman–Crippen MR) is 121 cm³/mol. The number of rotatable bonds is 7. The van der Waals surface area contributed by atoms with E-state index in [9.17, 15) is 13.2 Å². The van der Waals surface area contributed by atoms with Crippen molar-refractivity contribution in [2.45, 2.75) is 25.4 Å². The highest BCUT2D eigenvalue weighted by Crippen LogP contribution is 2.34. The third-order valence-electron chi connectivity index (χ3n) is 5.55. The molecule has 1 aliphatic rings. The molecule has 1 amide bonds. The lowest BCUT2D eigenvalue weighted by molar-refractivity contribution is -0.136. The average molecular weight is 440 g/mol. The lowest BCUT2D eigenvalue weighted by Crippen LogP contribution is -2.63. The zero-order valence-corrected chi connectivity index (χ0v) is 18.3. The van der Waals surface area contributed by atoms with Gasteiger partial charge in [-0.15, -0.1) is 0 Å². The molecule has 2 heterocycles. The van der Waals surface area contributed by atoms with Crippen molar-refractivity contribution in [1.29, 1.82) is 0 Å². The van der Waals surface area contributed by atoms with Crippen LogP contribution in [0.4, 0.5) is 11.4 Å². The largest absolute Gasteiger partial charge is 0.460 e. The van der Waals surface area contributed by atoms with Gasteiger partial charge in [0.2, 0.25) is 15.9 Å². The number of hydrogen-bond acceptors (Lipinski definition) is 5. The van der Waals surface area contributed by atoms with Crippen molar-refractivity contribution in [2.24, 2.45) is 0 Å². The molecule has 1 aliphatic heterocycles. The van der Waals surface area contributed by atoms with E-state index in [4.69, 9.17) is 4.42 Å². The molecule has 3 aromatic rings. The Morgan fingerprint density at radius 3 is 2.48 bits per heavy atom. The molecule has 7 nitrogen and oxygen atoms in total. The minimum atomic E-state index is -3.39. The molecule has 1 atom stereocenters. The molecule has 0 spiro atoms. The molecule has 8 heteroatoms. The van der Waals surface area contributed by atoms with E-state index in [0.29, 0.717) is 17.9 Å². The van der Waals surface area contributed by atoms with Crippen molar-refractivity contribution >= 4 is 27.3 Å². The third-order valence-corrected chi connectivity index (χ3v) is 6.15. The van der Waals surface area contributed by atoms with E-state index in [0.717, 1.165) is 36.3 Å². The number of sulfonamides is 1. The minimum absolute atomic E-state index is 0.134. The van der Waals surface area contributed by atoms with Crippen LogP contribution in [-0.4, -0.2) is 37.6 Å². The Morgan fingerprint density at radius 2 is 1.81 bits per heavy atom. The predicted octanol–water partition coefficient (Wildman–Crippen LogP) is 3.92. The molecule has 1 saturated heterocycles. The molecule has 0 bridgehead atoms. The number of amides is 1. The summed E-state index contributed by atoms with van der Waals surface area (Å²) in [6.45, 7) is 3.23. The smallest absolute Gasteiger partial charge is 0.244 e. The quantitative estimate of drug-likeness (QED) is 0.582. The van der Waals surface area contributed by atoms with Crippen LogP contribution < -0.4 is 10.0 Å². The Hall–Kier alpha value is -3.10. The summed E-state index contributed by atoms with van der Waals surface area (Å²) in [6.07, 6.45) is 1.82. The van der Waals surface area contributed by atoms with Crippen LogP contribution in [0, 0.1) is 0 Å². The number of carbonyl (C=O) groups is 1. The van der Waals surface area contributed by atoms with Crippen LogP contribution in [0.25, 0.3) is 11.3 Å². The van der Waals surface area contributed by atoms with Gasteiger partial charge < -0.3 is 9.73 Å². The summed E-state index contributed by atoms with van der Waals surface area (Å²) in [7, 11) is -3.39.